The third-order valence-electron chi connectivity index (χ3n) is 3.87. The fraction of sp³-hybridized carbons (Fsp3) is 0.294. The third kappa shape index (κ3) is 3.43. The highest BCUT2D eigenvalue weighted by Gasteiger charge is 2.20. The fourth-order valence-electron chi connectivity index (χ4n) is 2.80. The molecule has 0 amide bonds. The van der Waals surface area contributed by atoms with E-state index in [0.29, 0.717) is 6.04 Å². The molecule has 110 valence electrons. The van der Waals surface area contributed by atoms with Crippen molar-refractivity contribution in [1.82, 2.24) is 5.32 Å². The minimum Gasteiger partial charge on any atom is -0.493 e. The van der Waals surface area contributed by atoms with Crippen molar-refractivity contribution in [3.8, 4) is 5.75 Å². The average Bonchev–Trinajstić information content (AvgIpc) is 2.94. The zero-order valence-corrected chi connectivity index (χ0v) is 15.6. The number of halogens is 2. The molecular formula is C17H17BrINO. The summed E-state index contributed by atoms with van der Waals surface area (Å²) in [4.78, 5) is 0. The molecule has 2 nitrogen and oxygen atoms in total. The van der Waals surface area contributed by atoms with Gasteiger partial charge in [0, 0.05) is 20.5 Å². The van der Waals surface area contributed by atoms with Crippen molar-refractivity contribution in [2.75, 3.05) is 13.7 Å². The van der Waals surface area contributed by atoms with Crippen LogP contribution < -0.4 is 10.1 Å². The fourth-order valence-corrected chi connectivity index (χ4v) is 3.71. The van der Waals surface area contributed by atoms with Crippen LogP contribution in [0.2, 0.25) is 0 Å². The predicted octanol–water partition coefficient (Wildman–Crippen LogP) is 4.49. The van der Waals surface area contributed by atoms with Crippen LogP contribution in [0, 0.1) is 3.57 Å². The molecule has 1 heterocycles. The molecule has 0 spiro atoms. The van der Waals surface area contributed by atoms with E-state index < -0.39 is 0 Å². The molecule has 4 heteroatoms. The third-order valence-corrected chi connectivity index (χ3v) is 5.05. The molecule has 0 fully saturated rings. The van der Waals surface area contributed by atoms with Gasteiger partial charge in [-0.2, -0.15) is 0 Å². The Morgan fingerprint density at radius 3 is 2.76 bits per heavy atom. The first-order valence-electron chi connectivity index (χ1n) is 7.04. The molecule has 0 saturated carbocycles. The number of benzene rings is 2. The molecule has 0 aliphatic carbocycles. The van der Waals surface area contributed by atoms with E-state index in [4.69, 9.17) is 4.74 Å². The molecule has 21 heavy (non-hydrogen) atoms. The Morgan fingerprint density at radius 1 is 1.29 bits per heavy atom. The number of ether oxygens (including phenoxy) is 1. The summed E-state index contributed by atoms with van der Waals surface area (Å²) >= 11 is 5.95. The second-order valence-corrected chi connectivity index (χ2v) is 7.41. The number of nitrogens with one attached hydrogen (secondary N) is 1. The summed E-state index contributed by atoms with van der Waals surface area (Å²) < 4.78 is 8.24. The van der Waals surface area contributed by atoms with Gasteiger partial charge >= 0.3 is 0 Å². The summed E-state index contributed by atoms with van der Waals surface area (Å²) in [6, 6.07) is 13.4. The molecule has 1 atom stereocenters. The van der Waals surface area contributed by atoms with Crippen molar-refractivity contribution in [3.63, 3.8) is 0 Å². The van der Waals surface area contributed by atoms with Crippen molar-refractivity contribution in [2.24, 2.45) is 0 Å². The molecule has 2 aromatic rings. The molecule has 1 N–H and O–H groups in total. The molecule has 0 bridgehead atoms. The van der Waals surface area contributed by atoms with E-state index in [1.807, 2.05) is 7.05 Å². The largest absolute Gasteiger partial charge is 0.493 e. The van der Waals surface area contributed by atoms with Crippen LogP contribution in [0.4, 0.5) is 0 Å². The van der Waals surface area contributed by atoms with E-state index in [9.17, 15) is 0 Å². The van der Waals surface area contributed by atoms with Crippen LogP contribution in [0.25, 0.3) is 0 Å². The molecule has 0 aromatic heterocycles. The van der Waals surface area contributed by atoms with E-state index in [0.717, 1.165) is 29.7 Å². The van der Waals surface area contributed by atoms with Crippen LogP contribution in [0.1, 0.15) is 22.7 Å². The van der Waals surface area contributed by atoms with Gasteiger partial charge in [0.25, 0.3) is 0 Å². The SMILES string of the molecule is CNC(Cc1cc(Br)cc2c1OCC2)c1ccc(I)cc1. The van der Waals surface area contributed by atoms with Gasteiger partial charge in [-0.1, -0.05) is 28.1 Å². The first-order chi connectivity index (χ1) is 10.2. The molecule has 2 aromatic carbocycles. The summed E-state index contributed by atoms with van der Waals surface area (Å²) in [6.45, 7) is 0.798. The first kappa shape index (κ1) is 15.3. The highest BCUT2D eigenvalue weighted by atomic mass is 127. The summed E-state index contributed by atoms with van der Waals surface area (Å²) in [6.07, 6.45) is 1.94. The number of rotatable bonds is 4. The lowest BCUT2D eigenvalue weighted by atomic mass is 9.97. The molecule has 1 aliphatic rings. The van der Waals surface area contributed by atoms with Crippen molar-refractivity contribution in [2.45, 2.75) is 18.9 Å². The zero-order valence-electron chi connectivity index (χ0n) is 11.8. The van der Waals surface area contributed by atoms with E-state index in [-0.39, 0.29) is 0 Å². The monoisotopic (exact) mass is 457 g/mol. The van der Waals surface area contributed by atoms with Crippen molar-refractivity contribution in [3.05, 3.63) is 61.1 Å². The molecule has 1 unspecified atom stereocenters. The minimum atomic E-state index is 0.296. The first-order valence-corrected chi connectivity index (χ1v) is 8.91. The van der Waals surface area contributed by atoms with Gasteiger partial charge in [-0.25, -0.2) is 0 Å². The van der Waals surface area contributed by atoms with Crippen LogP contribution in [0.15, 0.2) is 40.9 Å². The normalized spacial score (nSPS) is 14.6. The Hall–Kier alpha value is -0.590. The van der Waals surface area contributed by atoms with E-state index in [2.05, 4.69) is 80.2 Å². The second kappa shape index (κ2) is 6.67. The summed E-state index contributed by atoms with van der Waals surface area (Å²) in [5, 5.41) is 3.42. The van der Waals surface area contributed by atoms with Crippen molar-refractivity contribution in [1.29, 1.82) is 0 Å². The molecule has 0 saturated heterocycles. The second-order valence-electron chi connectivity index (χ2n) is 5.25. The summed E-state index contributed by atoms with van der Waals surface area (Å²) in [7, 11) is 2.02. The van der Waals surface area contributed by atoms with Crippen LogP contribution >= 0.6 is 38.5 Å². The Kier molecular flexibility index (Phi) is 4.86. The van der Waals surface area contributed by atoms with Gasteiger partial charge in [0.2, 0.25) is 0 Å². The van der Waals surface area contributed by atoms with Crippen molar-refractivity contribution >= 4 is 38.5 Å². The Morgan fingerprint density at radius 2 is 2.05 bits per heavy atom. The van der Waals surface area contributed by atoms with Gasteiger partial charge in [0.15, 0.2) is 0 Å². The van der Waals surface area contributed by atoms with Gasteiger partial charge in [0.1, 0.15) is 5.75 Å². The van der Waals surface area contributed by atoms with Crippen LogP contribution in [0.3, 0.4) is 0 Å². The van der Waals surface area contributed by atoms with Crippen LogP contribution in [-0.4, -0.2) is 13.7 Å². The lowest BCUT2D eigenvalue weighted by molar-refractivity contribution is 0.352. The molecular weight excluding hydrogens is 441 g/mol. The van der Waals surface area contributed by atoms with Crippen LogP contribution in [0.5, 0.6) is 5.75 Å². The Bertz CT molecular complexity index is 642. The van der Waals surface area contributed by atoms with Crippen molar-refractivity contribution < 1.29 is 4.74 Å². The van der Waals surface area contributed by atoms with Gasteiger partial charge in [0.05, 0.1) is 6.61 Å². The van der Waals surface area contributed by atoms with Gasteiger partial charge in [-0.15, -0.1) is 0 Å². The number of likely N-dealkylation sites (N-methyl/N-ethyl adjacent to an activating group) is 1. The maximum absolute atomic E-state index is 5.84. The summed E-state index contributed by atoms with van der Waals surface area (Å²) in [5.41, 5.74) is 3.90. The standard InChI is InChI=1S/C17H17BrINO/c1-20-16(11-2-4-15(19)5-3-11)10-13-9-14(18)8-12-6-7-21-17(12)13/h2-5,8-9,16,20H,6-7,10H2,1H3. The highest BCUT2D eigenvalue weighted by molar-refractivity contribution is 14.1. The Balaban J connectivity index is 1.89. The highest BCUT2D eigenvalue weighted by Crippen LogP contribution is 2.35. The predicted molar refractivity (Wildman–Crippen MR) is 98.0 cm³/mol. The minimum absolute atomic E-state index is 0.296. The molecule has 3 rings (SSSR count). The lowest BCUT2D eigenvalue weighted by Gasteiger charge is -2.19. The maximum atomic E-state index is 5.84. The quantitative estimate of drug-likeness (QED) is 0.683. The number of hydrogen-bond donors (Lipinski definition) is 1. The maximum Gasteiger partial charge on any atom is 0.125 e. The smallest absolute Gasteiger partial charge is 0.125 e. The number of fused-ring (bicyclic) bond motifs is 1. The Labute approximate surface area is 147 Å². The zero-order chi connectivity index (χ0) is 14.8. The molecule has 0 radical (unpaired) electrons. The topological polar surface area (TPSA) is 21.3 Å². The van der Waals surface area contributed by atoms with Crippen LogP contribution in [-0.2, 0) is 12.8 Å². The van der Waals surface area contributed by atoms with E-state index in [1.54, 1.807) is 0 Å². The lowest BCUT2D eigenvalue weighted by Crippen LogP contribution is -2.19. The average molecular weight is 458 g/mol. The molecule has 1 aliphatic heterocycles. The summed E-state index contributed by atoms with van der Waals surface area (Å²) in [5.74, 6) is 1.09. The van der Waals surface area contributed by atoms with E-state index in [1.165, 1.54) is 20.3 Å². The number of hydrogen-bond acceptors (Lipinski definition) is 2. The van der Waals surface area contributed by atoms with Gasteiger partial charge < -0.3 is 10.1 Å². The van der Waals surface area contributed by atoms with E-state index >= 15 is 0 Å². The van der Waals surface area contributed by atoms with Gasteiger partial charge in [-0.05, 0) is 77.0 Å². The van der Waals surface area contributed by atoms with Gasteiger partial charge in [-0.3, -0.25) is 0 Å².